The minimum Gasteiger partial charge on any atom is -0.305 e. The molecule has 1 aromatic carbocycles. The molecule has 1 heterocycles. The van der Waals surface area contributed by atoms with Crippen molar-refractivity contribution in [1.29, 1.82) is 0 Å². The molecule has 0 saturated heterocycles. The summed E-state index contributed by atoms with van der Waals surface area (Å²) in [4.78, 5) is 1.34. The molecule has 0 aliphatic rings. The minimum absolute atomic E-state index is 0.339. The van der Waals surface area contributed by atoms with Crippen molar-refractivity contribution in [3.8, 4) is 0 Å². The Morgan fingerprint density at radius 1 is 1.18 bits per heavy atom. The summed E-state index contributed by atoms with van der Waals surface area (Å²) < 4.78 is 2.34. The lowest BCUT2D eigenvalue weighted by atomic mass is 10.1. The van der Waals surface area contributed by atoms with Crippen LogP contribution >= 0.6 is 43.2 Å². The SMILES string of the molecule is CC(NCc1ccc(Br)s1)c1ccccc1Br. The first-order valence-corrected chi connectivity index (χ1v) is 7.79. The Morgan fingerprint density at radius 3 is 2.59 bits per heavy atom. The van der Waals surface area contributed by atoms with Gasteiger partial charge in [-0.1, -0.05) is 34.1 Å². The van der Waals surface area contributed by atoms with Crippen LogP contribution in [0.2, 0.25) is 0 Å². The largest absolute Gasteiger partial charge is 0.305 e. The van der Waals surface area contributed by atoms with Crippen LogP contribution in [0.25, 0.3) is 0 Å². The zero-order valence-corrected chi connectivity index (χ0v) is 13.4. The van der Waals surface area contributed by atoms with Gasteiger partial charge in [-0.15, -0.1) is 11.3 Å². The second kappa shape index (κ2) is 6.14. The number of thiophene rings is 1. The van der Waals surface area contributed by atoms with Gasteiger partial charge in [-0.2, -0.15) is 0 Å². The second-order valence-electron chi connectivity index (χ2n) is 3.83. The van der Waals surface area contributed by atoms with E-state index in [2.05, 4.69) is 74.4 Å². The lowest BCUT2D eigenvalue weighted by Gasteiger charge is -2.15. The molecule has 2 rings (SSSR count). The van der Waals surface area contributed by atoms with E-state index in [1.807, 2.05) is 6.07 Å². The zero-order chi connectivity index (χ0) is 12.3. The number of rotatable bonds is 4. The van der Waals surface area contributed by atoms with Crippen molar-refractivity contribution in [1.82, 2.24) is 5.32 Å². The Labute approximate surface area is 123 Å². The molecule has 1 unspecified atom stereocenters. The molecule has 0 aliphatic carbocycles. The average molecular weight is 375 g/mol. The van der Waals surface area contributed by atoms with Crippen molar-refractivity contribution in [2.24, 2.45) is 0 Å². The maximum atomic E-state index is 3.58. The number of nitrogens with one attached hydrogen (secondary N) is 1. The van der Waals surface area contributed by atoms with Gasteiger partial charge in [-0.3, -0.25) is 0 Å². The predicted molar refractivity (Wildman–Crippen MR) is 81.4 cm³/mol. The molecule has 0 amide bonds. The lowest BCUT2D eigenvalue weighted by molar-refractivity contribution is 0.577. The van der Waals surface area contributed by atoms with Gasteiger partial charge in [0, 0.05) is 21.9 Å². The topological polar surface area (TPSA) is 12.0 Å². The molecule has 17 heavy (non-hydrogen) atoms. The van der Waals surface area contributed by atoms with Gasteiger partial charge in [0.2, 0.25) is 0 Å². The van der Waals surface area contributed by atoms with Gasteiger partial charge in [0.15, 0.2) is 0 Å². The first-order valence-electron chi connectivity index (χ1n) is 5.39. The van der Waals surface area contributed by atoms with Crippen molar-refractivity contribution in [2.75, 3.05) is 0 Å². The van der Waals surface area contributed by atoms with Crippen LogP contribution in [0.3, 0.4) is 0 Å². The summed E-state index contributed by atoms with van der Waals surface area (Å²) in [5.74, 6) is 0. The fraction of sp³-hybridized carbons (Fsp3) is 0.231. The highest BCUT2D eigenvalue weighted by molar-refractivity contribution is 9.11. The smallest absolute Gasteiger partial charge is 0.0701 e. The minimum atomic E-state index is 0.339. The van der Waals surface area contributed by atoms with E-state index >= 15 is 0 Å². The first kappa shape index (κ1) is 13.3. The Hall–Kier alpha value is -0.160. The van der Waals surface area contributed by atoms with Crippen molar-refractivity contribution in [3.63, 3.8) is 0 Å². The average Bonchev–Trinajstić information content (AvgIpc) is 2.73. The summed E-state index contributed by atoms with van der Waals surface area (Å²) in [6.45, 7) is 3.08. The van der Waals surface area contributed by atoms with Crippen molar-refractivity contribution in [2.45, 2.75) is 19.5 Å². The van der Waals surface area contributed by atoms with Crippen LogP contribution in [-0.4, -0.2) is 0 Å². The normalized spacial score (nSPS) is 12.6. The molecule has 0 bridgehead atoms. The molecule has 0 radical (unpaired) electrons. The van der Waals surface area contributed by atoms with Gasteiger partial charge in [-0.05, 0) is 46.6 Å². The predicted octanol–water partition coefficient (Wildman–Crippen LogP) is 5.12. The molecule has 1 atom stereocenters. The summed E-state index contributed by atoms with van der Waals surface area (Å²) >= 11 is 8.83. The maximum Gasteiger partial charge on any atom is 0.0701 e. The summed E-state index contributed by atoms with van der Waals surface area (Å²) in [6, 6.07) is 12.9. The molecule has 4 heteroatoms. The Bertz CT molecular complexity index is 496. The second-order valence-corrected chi connectivity index (χ2v) is 7.23. The summed E-state index contributed by atoms with van der Waals surface area (Å²) in [5.41, 5.74) is 1.29. The summed E-state index contributed by atoms with van der Waals surface area (Å²) in [5, 5.41) is 3.53. The third-order valence-electron chi connectivity index (χ3n) is 2.58. The Morgan fingerprint density at radius 2 is 1.94 bits per heavy atom. The van der Waals surface area contributed by atoms with Crippen LogP contribution in [0.1, 0.15) is 23.4 Å². The first-order chi connectivity index (χ1) is 8.16. The van der Waals surface area contributed by atoms with Crippen LogP contribution in [-0.2, 0) is 6.54 Å². The van der Waals surface area contributed by atoms with Crippen LogP contribution < -0.4 is 5.32 Å². The van der Waals surface area contributed by atoms with E-state index in [0.29, 0.717) is 6.04 Å². The highest BCUT2D eigenvalue weighted by Gasteiger charge is 2.08. The highest BCUT2D eigenvalue weighted by atomic mass is 79.9. The zero-order valence-electron chi connectivity index (χ0n) is 9.41. The van der Waals surface area contributed by atoms with Crippen LogP contribution in [0.4, 0.5) is 0 Å². The summed E-state index contributed by atoms with van der Waals surface area (Å²) in [6.07, 6.45) is 0. The summed E-state index contributed by atoms with van der Waals surface area (Å²) in [7, 11) is 0. The van der Waals surface area contributed by atoms with E-state index in [-0.39, 0.29) is 0 Å². The van der Waals surface area contributed by atoms with E-state index < -0.39 is 0 Å². The van der Waals surface area contributed by atoms with Gasteiger partial charge in [0.1, 0.15) is 0 Å². The molecule has 1 aromatic heterocycles. The van der Waals surface area contributed by atoms with E-state index in [1.165, 1.54) is 14.2 Å². The number of hydrogen-bond acceptors (Lipinski definition) is 2. The highest BCUT2D eigenvalue weighted by Crippen LogP contribution is 2.25. The molecule has 0 spiro atoms. The monoisotopic (exact) mass is 373 g/mol. The fourth-order valence-electron chi connectivity index (χ4n) is 1.64. The molecule has 1 N–H and O–H groups in total. The number of halogens is 2. The maximum absolute atomic E-state index is 3.58. The molecule has 1 nitrogen and oxygen atoms in total. The van der Waals surface area contributed by atoms with Crippen molar-refractivity contribution < 1.29 is 0 Å². The van der Waals surface area contributed by atoms with Gasteiger partial charge in [0.05, 0.1) is 3.79 Å². The molecule has 90 valence electrons. The van der Waals surface area contributed by atoms with E-state index in [1.54, 1.807) is 11.3 Å². The molecular formula is C13H13Br2NS. The number of hydrogen-bond donors (Lipinski definition) is 1. The van der Waals surface area contributed by atoms with Crippen molar-refractivity contribution in [3.05, 3.63) is 55.1 Å². The third kappa shape index (κ3) is 3.65. The standard InChI is InChI=1S/C13H13Br2NS/c1-9(11-4-2-3-5-12(11)14)16-8-10-6-7-13(15)17-10/h2-7,9,16H,8H2,1H3. The fourth-order valence-corrected chi connectivity index (χ4v) is 3.70. The van der Waals surface area contributed by atoms with E-state index in [4.69, 9.17) is 0 Å². The van der Waals surface area contributed by atoms with Gasteiger partial charge in [-0.25, -0.2) is 0 Å². The molecular weight excluding hydrogens is 362 g/mol. The van der Waals surface area contributed by atoms with Crippen LogP contribution in [0.15, 0.2) is 44.7 Å². The van der Waals surface area contributed by atoms with Gasteiger partial charge in [0.25, 0.3) is 0 Å². The van der Waals surface area contributed by atoms with E-state index in [9.17, 15) is 0 Å². The Balaban J connectivity index is 1.98. The number of benzene rings is 1. The Kier molecular flexibility index (Phi) is 4.79. The molecule has 0 aliphatic heterocycles. The van der Waals surface area contributed by atoms with E-state index in [0.717, 1.165) is 11.0 Å². The van der Waals surface area contributed by atoms with Crippen molar-refractivity contribution >= 4 is 43.2 Å². The van der Waals surface area contributed by atoms with Crippen LogP contribution in [0, 0.1) is 0 Å². The quantitative estimate of drug-likeness (QED) is 0.782. The molecule has 0 saturated carbocycles. The molecule has 0 fully saturated rings. The van der Waals surface area contributed by atoms with Gasteiger partial charge < -0.3 is 5.32 Å². The third-order valence-corrected chi connectivity index (χ3v) is 4.93. The van der Waals surface area contributed by atoms with Gasteiger partial charge >= 0.3 is 0 Å². The van der Waals surface area contributed by atoms with Crippen LogP contribution in [0.5, 0.6) is 0 Å². The lowest BCUT2D eigenvalue weighted by Crippen LogP contribution is -2.17. The molecule has 2 aromatic rings.